The van der Waals surface area contributed by atoms with Gasteiger partial charge in [0.25, 0.3) is 0 Å². The lowest BCUT2D eigenvalue weighted by molar-refractivity contribution is -0.140. The Kier molecular flexibility index (Phi) is 8.64. The van der Waals surface area contributed by atoms with Gasteiger partial charge in [0.1, 0.15) is 11.9 Å². The number of halogens is 3. The van der Waals surface area contributed by atoms with Crippen LogP contribution < -0.4 is 4.74 Å². The molecule has 3 nitrogen and oxygen atoms in total. The Balaban J connectivity index is 1.38. The lowest BCUT2D eigenvalue weighted by Gasteiger charge is -2.32. The Bertz CT molecular complexity index is 1010. The first-order valence-electron chi connectivity index (χ1n) is 13.5. The number of rotatable bonds is 6. The number of methoxy groups -OCH3 is 1. The summed E-state index contributed by atoms with van der Waals surface area (Å²) in [7, 11) is 1.51. The highest BCUT2D eigenvalue weighted by Gasteiger charge is 2.34. The molecule has 0 bridgehead atoms. The summed E-state index contributed by atoms with van der Waals surface area (Å²) < 4.78 is 55.2. The molecule has 3 aliphatic rings. The minimum absolute atomic E-state index is 0.0113. The Morgan fingerprint density at radius 1 is 0.972 bits per heavy atom. The Labute approximate surface area is 213 Å². The van der Waals surface area contributed by atoms with Gasteiger partial charge in [0, 0.05) is 13.0 Å². The number of ether oxygens (including phenoxy) is 2. The van der Waals surface area contributed by atoms with Gasteiger partial charge >= 0.3 is 5.97 Å². The number of esters is 1. The molecule has 1 unspecified atom stereocenters. The van der Waals surface area contributed by atoms with E-state index < -0.39 is 23.7 Å². The summed E-state index contributed by atoms with van der Waals surface area (Å²) in [4.78, 5) is 12.9. The van der Waals surface area contributed by atoms with Gasteiger partial charge in [0.15, 0.2) is 11.6 Å². The molecule has 0 N–H and O–H groups in total. The van der Waals surface area contributed by atoms with Crippen LogP contribution in [0.3, 0.4) is 0 Å². The number of benzene rings is 1. The van der Waals surface area contributed by atoms with Crippen molar-refractivity contribution < 1.29 is 27.4 Å². The molecule has 0 aliphatic heterocycles. The third kappa shape index (κ3) is 5.58. The molecule has 3 aliphatic carbocycles. The zero-order chi connectivity index (χ0) is 26.0. The molecule has 2 atom stereocenters. The van der Waals surface area contributed by atoms with Crippen molar-refractivity contribution in [1.82, 2.24) is 0 Å². The molecule has 1 aromatic rings. The van der Waals surface area contributed by atoms with E-state index >= 15 is 4.39 Å². The zero-order valence-corrected chi connectivity index (χ0v) is 21.9. The van der Waals surface area contributed by atoms with Crippen LogP contribution in [0.4, 0.5) is 13.2 Å². The number of hydrogen-bond acceptors (Lipinski definition) is 3. The van der Waals surface area contributed by atoms with Crippen molar-refractivity contribution in [1.29, 1.82) is 0 Å². The Hall–Kier alpha value is -2.08. The lowest BCUT2D eigenvalue weighted by Crippen LogP contribution is -2.28. The molecule has 2 saturated carbocycles. The summed E-state index contributed by atoms with van der Waals surface area (Å²) in [5.74, 6) is -2.63. The number of hydrogen-bond donors (Lipinski definition) is 0. The molecule has 0 saturated heterocycles. The minimum Gasteiger partial charge on any atom is -0.423 e. The van der Waals surface area contributed by atoms with E-state index in [-0.39, 0.29) is 35.2 Å². The van der Waals surface area contributed by atoms with Crippen molar-refractivity contribution in [3.8, 4) is 5.75 Å². The standard InChI is InChI=1S/C30H39F3O3/c1-5-19-6-8-21(9-7-19)26-17(2)15-25(27(32)28(26)33)36-30(34)22-12-10-20(11-13-22)23-14-18(3)29(35-4)24(31)16-23/h14-16,18-22,29H,5-13H2,1-4H3/t18-,19?,20?,21?,22?,29?/m0/s1. The molecule has 0 amide bonds. The van der Waals surface area contributed by atoms with Crippen molar-refractivity contribution >= 4 is 5.97 Å². The van der Waals surface area contributed by atoms with Gasteiger partial charge in [-0.1, -0.05) is 26.3 Å². The maximum atomic E-state index is 15.1. The summed E-state index contributed by atoms with van der Waals surface area (Å²) in [6, 6.07) is 1.48. The molecule has 0 heterocycles. The summed E-state index contributed by atoms with van der Waals surface area (Å²) >= 11 is 0. The van der Waals surface area contributed by atoms with Crippen LogP contribution >= 0.6 is 0 Å². The largest absolute Gasteiger partial charge is 0.423 e. The molecule has 4 rings (SSSR count). The van der Waals surface area contributed by atoms with E-state index in [1.807, 2.05) is 6.92 Å². The minimum atomic E-state index is -1.06. The van der Waals surface area contributed by atoms with E-state index in [1.165, 1.54) is 13.2 Å². The molecule has 1 aromatic carbocycles. The van der Waals surface area contributed by atoms with E-state index in [2.05, 4.69) is 13.0 Å². The first-order chi connectivity index (χ1) is 17.2. The van der Waals surface area contributed by atoms with E-state index in [0.717, 1.165) is 50.5 Å². The fourth-order valence-electron chi connectivity index (χ4n) is 6.54. The second-order valence-corrected chi connectivity index (χ2v) is 11.0. The topological polar surface area (TPSA) is 35.5 Å². The summed E-state index contributed by atoms with van der Waals surface area (Å²) in [6.45, 7) is 5.88. The number of carbonyl (C=O) groups excluding carboxylic acids is 1. The van der Waals surface area contributed by atoms with Crippen LogP contribution in [0.5, 0.6) is 5.75 Å². The van der Waals surface area contributed by atoms with E-state index in [1.54, 1.807) is 13.0 Å². The lowest BCUT2D eigenvalue weighted by atomic mass is 9.76. The fraction of sp³-hybridized carbons (Fsp3) is 0.633. The van der Waals surface area contributed by atoms with Crippen LogP contribution in [0, 0.1) is 42.2 Å². The highest BCUT2D eigenvalue weighted by molar-refractivity contribution is 5.75. The number of allylic oxidation sites excluding steroid dienone is 2. The monoisotopic (exact) mass is 504 g/mol. The normalized spacial score (nSPS) is 31.0. The van der Waals surface area contributed by atoms with Crippen molar-refractivity contribution in [3.05, 3.63) is 52.4 Å². The number of carbonyl (C=O) groups is 1. The molecule has 198 valence electrons. The average Bonchev–Trinajstić information content (AvgIpc) is 2.87. The van der Waals surface area contributed by atoms with Gasteiger partial charge in [-0.2, -0.15) is 4.39 Å². The van der Waals surface area contributed by atoms with Crippen LogP contribution in [0.25, 0.3) is 0 Å². The predicted octanol–water partition coefficient (Wildman–Crippen LogP) is 8.11. The smallest absolute Gasteiger partial charge is 0.314 e. The van der Waals surface area contributed by atoms with Gasteiger partial charge < -0.3 is 9.47 Å². The molecule has 0 spiro atoms. The first-order valence-corrected chi connectivity index (χ1v) is 13.5. The average molecular weight is 505 g/mol. The predicted molar refractivity (Wildman–Crippen MR) is 134 cm³/mol. The summed E-state index contributed by atoms with van der Waals surface area (Å²) in [6.07, 6.45) is 10.6. The van der Waals surface area contributed by atoms with E-state index in [0.29, 0.717) is 29.9 Å². The summed E-state index contributed by atoms with van der Waals surface area (Å²) in [5, 5.41) is 0. The SMILES string of the molecule is CCC1CCC(c2c(C)cc(OC(=O)C3CCC(C4=C[C@H](C)C(OC)C(F)=C4)CC3)c(F)c2F)CC1. The fourth-order valence-corrected chi connectivity index (χ4v) is 6.54. The van der Waals surface area contributed by atoms with Crippen molar-refractivity contribution in [3.63, 3.8) is 0 Å². The van der Waals surface area contributed by atoms with Crippen molar-refractivity contribution in [2.24, 2.45) is 23.7 Å². The maximum absolute atomic E-state index is 15.1. The van der Waals surface area contributed by atoms with Crippen LogP contribution in [0.1, 0.15) is 88.7 Å². The van der Waals surface area contributed by atoms with Crippen LogP contribution in [-0.4, -0.2) is 19.2 Å². The quantitative estimate of drug-likeness (QED) is 0.290. The van der Waals surface area contributed by atoms with Gasteiger partial charge in [-0.05, 0) is 105 Å². The second kappa shape index (κ2) is 11.5. The summed E-state index contributed by atoms with van der Waals surface area (Å²) in [5.41, 5.74) is 2.03. The van der Waals surface area contributed by atoms with Crippen molar-refractivity contribution in [2.75, 3.05) is 7.11 Å². The van der Waals surface area contributed by atoms with Gasteiger partial charge in [0.2, 0.25) is 5.82 Å². The van der Waals surface area contributed by atoms with E-state index in [4.69, 9.17) is 9.47 Å². The third-order valence-electron chi connectivity index (χ3n) is 8.76. The number of aryl methyl sites for hydroxylation is 1. The first kappa shape index (κ1) is 27.0. The van der Waals surface area contributed by atoms with Gasteiger partial charge in [0.05, 0.1) is 5.92 Å². The maximum Gasteiger partial charge on any atom is 0.314 e. The molecule has 2 fully saturated rings. The highest BCUT2D eigenvalue weighted by Crippen LogP contribution is 2.42. The van der Waals surface area contributed by atoms with Crippen LogP contribution in [0.15, 0.2) is 29.6 Å². The van der Waals surface area contributed by atoms with Gasteiger partial charge in [-0.15, -0.1) is 0 Å². The molecular formula is C30H39F3O3. The molecular weight excluding hydrogens is 465 g/mol. The third-order valence-corrected chi connectivity index (χ3v) is 8.76. The Morgan fingerprint density at radius 3 is 2.19 bits per heavy atom. The molecule has 0 aromatic heterocycles. The molecule has 6 heteroatoms. The second-order valence-electron chi connectivity index (χ2n) is 11.0. The van der Waals surface area contributed by atoms with Gasteiger partial charge in [-0.25, -0.2) is 8.78 Å². The van der Waals surface area contributed by atoms with E-state index in [9.17, 15) is 13.6 Å². The zero-order valence-electron chi connectivity index (χ0n) is 21.9. The highest BCUT2D eigenvalue weighted by atomic mass is 19.2. The molecule has 36 heavy (non-hydrogen) atoms. The van der Waals surface area contributed by atoms with Crippen LogP contribution in [0.2, 0.25) is 0 Å². The van der Waals surface area contributed by atoms with Crippen LogP contribution in [-0.2, 0) is 9.53 Å². The Morgan fingerprint density at radius 2 is 1.61 bits per heavy atom. The van der Waals surface area contributed by atoms with Gasteiger partial charge in [-0.3, -0.25) is 4.79 Å². The van der Waals surface area contributed by atoms with Crippen molar-refractivity contribution in [2.45, 2.75) is 90.6 Å². The molecule has 0 radical (unpaired) electrons.